The van der Waals surface area contributed by atoms with Gasteiger partial charge in [-0.05, 0) is 17.7 Å². The average Bonchev–Trinajstić information content (AvgIpc) is 2.79. The van der Waals surface area contributed by atoms with Crippen LogP contribution in [0.3, 0.4) is 0 Å². The van der Waals surface area contributed by atoms with Gasteiger partial charge in [0.25, 0.3) is 5.91 Å². The van der Waals surface area contributed by atoms with Crippen LogP contribution < -0.4 is 23.8 Å². The van der Waals surface area contributed by atoms with Crippen molar-refractivity contribution in [1.82, 2.24) is 0 Å². The molecule has 0 spiro atoms. The first kappa shape index (κ1) is 22.5. The number of carbonyl (C=O) groups is 1. The summed E-state index contributed by atoms with van der Waals surface area (Å²) in [6.07, 6.45) is 0. The van der Waals surface area contributed by atoms with Crippen molar-refractivity contribution in [2.24, 2.45) is 0 Å². The summed E-state index contributed by atoms with van der Waals surface area (Å²) < 4.78 is 32.4. The molecule has 1 aliphatic heterocycles. The molecular weight excluding hydrogens is 406 g/mol. The topological polar surface area (TPSA) is 95.9 Å². The number of methoxy groups -OCH3 is 6. The fourth-order valence-corrected chi connectivity index (χ4v) is 3.96. The molecule has 1 saturated heterocycles. The first-order valence-electron chi connectivity index (χ1n) is 9.47. The maximum atomic E-state index is 13.4. The summed E-state index contributed by atoms with van der Waals surface area (Å²) >= 11 is 0. The van der Waals surface area contributed by atoms with E-state index in [0.717, 1.165) is 0 Å². The molecule has 1 heterocycles. The number of phenols is 1. The van der Waals surface area contributed by atoms with Gasteiger partial charge in [-0.25, -0.2) is 0 Å². The molecule has 2 aromatic carbocycles. The number of hydrogen-bond donors (Lipinski definition) is 1. The number of carbonyl (C=O) groups excluding carboxylic acids is 1. The average molecular weight is 433 g/mol. The highest BCUT2D eigenvalue weighted by Gasteiger charge is 2.63. The molecule has 0 unspecified atom stereocenters. The van der Waals surface area contributed by atoms with Crippen LogP contribution in [0.5, 0.6) is 28.7 Å². The van der Waals surface area contributed by atoms with E-state index in [1.165, 1.54) is 42.7 Å². The number of hydrogen-bond acceptors (Lipinski definition) is 8. The van der Waals surface area contributed by atoms with Crippen molar-refractivity contribution < 1.29 is 38.3 Å². The molecule has 0 aromatic heterocycles. The molecule has 9 heteroatoms. The van der Waals surface area contributed by atoms with Gasteiger partial charge in [-0.1, -0.05) is 6.07 Å². The third-order valence-corrected chi connectivity index (χ3v) is 5.45. The Morgan fingerprint density at radius 2 is 1.52 bits per heavy atom. The number of ether oxygens (including phenoxy) is 6. The van der Waals surface area contributed by atoms with E-state index in [1.807, 2.05) is 0 Å². The summed E-state index contributed by atoms with van der Waals surface area (Å²) in [5.41, 5.74) is -0.106. The normalized spacial score (nSPS) is 20.3. The lowest BCUT2D eigenvalue weighted by Crippen LogP contribution is -2.71. The summed E-state index contributed by atoms with van der Waals surface area (Å²) in [6, 6.07) is 7.72. The molecule has 1 fully saturated rings. The Bertz CT molecular complexity index is 938. The third kappa shape index (κ3) is 3.49. The maximum absolute atomic E-state index is 13.4. The van der Waals surface area contributed by atoms with Gasteiger partial charge < -0.3 is 33.5 Å². The molecule has 1 N–H and O–H groups in total. The predicted molar refractivity (Wildman–Crippen MR) is 113 cm³/mol. The van der Waals surface area contributed by atoms with E-state index in [4.69, 9.17) is 28.4 Å². The summed E-state index contributed by atoms with van der Waals surface area (Å²) in [6.45, 7) is 0.0285. The van der Waals surface area contributed by atoms with Crippen molar-refractivity contribution in [3.8, 4) is 28.7 Å². The van der Waals surface area contributed by atoms with Crippen LogP contribution in [0.15, 0.2) is 30.3 Å². The Hall–Kier alpha value is -3.17. The van der Waals surface area contributed by atoms with Gasteiger partial charge in [0.1, 0.15) is 6.04 Å². The number of aromatic hydroxyl groups is 1. The molecule has 9 nitrogen and oxygen atoms in total. The molecule has 2 aromatic rings. The van der Waals surface area contributed by atoms with Crippen molar-refractivity contribution >= 4 is 11.6 Å². The molecule has 1 amide bonds. The quantitative estimate of drug-likeness (QED) is 0.603. The number of anilines is 1. The van der Waals surface area contributed by atoms with Crippen LogP contribution in [0.25, 0.3) is 0 Å². The minimum absolute atomic E-state index is 0.0285. The second kappa shape index (κ2) is 8.91. The molecule has 168 valence electrons. The Balaban J connectivity index is 2.17. The van der Waals surface area contributed by atoms with Crippen LogP contribution in [-0.2, 0) is 14.3 Å². The second-order valence-electron chi connectivity index (χ2n) is 6.92. The Kier molecular flexibility index (Phi) is 6.47. The van der Waals surface area contributed by atoms with Gasteiger partial charge in [0.05, 0.1) is 40.7 Å². The highest BCUT2D eigenvalue weighted by molar-refractivity contribution is 6.09. The van der Waals surface area contributed by atoms with Gasteiger partial charge in [0, 0.05) is 26.4 Å². The van der Waals surface area contributed by atoms with Crippen molar-refractivity contribution in [1.29, 1.82) is 0 Å². The molecule has 31 heavy (non-hydrogen) atoms. The number of β-lactam (4-membered cyclic amide) rings is 1. The fraction of sp³-hybridized carbons (Fsp3) is 0.409. The van der Waals surface area contributed by atoms with Crippen molar-refractivity contribution in [2.75, 3.05) is 54.2 Å². The van der Waals surface area contributed by atoms with Crippen LogP contribution in [0, 0.1) is 0 Å². The number of nitrogens with zero attached hydrogens (tertiary/aromatic N) is 1. The van der Waals surface area contributed by atoms with E-state index in [9.17, 15) is 9.90 Å². The van der Waals surface area contributed by atoms with Gasteiger partial charge in [-0.3, -0.25) is 9.69 Å². The van der Waals surface area contributed by atoms with E-state index < -0.39 is 11.6 Å². The van der Waals surface area contributed by atoms with Crippen LogP contribution in [-0.4, -0.2) is 65.9 Å². The fourth-order valence-electron chi connectivity index (χ4n) is 3.96. The van der Waals surface area contributed by atoms with Crippen molar-refractivity contribution in [3.63, 3.8) is 0 Å². The first-order chi connectivity index (χ1) is 14.9. The predicted octanol–water partition coefficient (Wildman–Crippen LogP) is 2.55. The molecule has 1 aliphatic rings. The lowest BCUT2D eigenvalue weighted by molar-refractivity contribution is -0.169. The monoisotopic (exact) mass is 433 g/mol. The summed E-state index contributed by atoms with van der Waals surface area (Å²) in [7, 11) is 8.93. The molecule has 3 rings (SSSR count). The highest BCUT2D eigenvalue weighted by Crippen LogP contribution is 2.52. The minimum Gasteiger partial charge on any atom is -0.504 e. The van der Waals surface area contributed by atoms with E-state index in [2.05, 4.69) is 0 Å². The Labute approximate surface area is 181 Å². The van der Waals surface area contributed by atoms with E-state index in [1.54, 1.807) is 35.2 Å². The number of phenolic OH excluding ortho intramolecular Hbond substituents is 1. The largest absolute Gasteiger partial charge is 0.504 e. The number of rotatable bonds is 9. The van der Waals surface area contributed by atoms with Gasteiger partial charge in [-0.15, -0.1) is 0 Å². The van der Waals surface area contributed by atoms with Crippen LogP contribution >= 0.6 is 0 Å². The van der Waals surface area contributed by atoms with Crippen LogP contribution in [0.4, 0.5) is 5.69 Å². The lowest BCUT2D eigenvalue weighted by Gasteiger charge is -2.54. The van der Waals surface area contributed by atoms with Crippen LogP contribution in [0.1, 0.15) is 11.6 Å². The highest BCUT2D eigenvalue weighted by atomic mass is 16.5. The smallest absolute Gasteiger partial charge is 0.264 e. The van der Waals surface area contributed by atoms with Crippen molar-refractivity contribution in [2.45, 2.75) is 11.6 Å². The molecule has 0 radical (unpaired) electrons. The lowest BCUT2D eigenvalue weighted by atomic mass is 9.77. The molecule has 0 saturated carbocycles. The van der Waals surface area contributed by atoms with E-state index in [-0.39, 0.29) is 18.3 Å². The molecule has 0 aliphatic carbocycles. The summed E-state index contributed by atoms with van der Waals surface area (Å²) in [5, 5.41) is 10.3. The second-order valence-corrected chi connectivity index (χ2v) is 6.92. The Morgan fingerprint density at radius 3 is 1.97 bits per heavy atom. The SMILES string of the molecule is COC[C@@]1(OC)C(=O)N(c2cc(OC)c(OC)c(OC)c2)[C@H]1c1ccc(OC)c(O)c1. The zero-order valence-corrected chi connectivity index (χ0v) is 18.4. The van der Waals surface area contributed by atoms with E-state index in [0.29, 0.717) is 34.2 Å². The zero-order chi connectivity index (χ0) is 22.8. The van der Waals surface area contributed by atoms with Gasteiger partial charge in [0.15, 0.2) is 28.6 Å². The van der Waals surface area contributed by atoms with Crippen molar-refractivity contribution in [3.05, 3.63) is 35.9 Å². The number of benzene rings is 2. The van der Waals surface area contributed by atoms with Gasteiger partial charge in [-0.2, -0.15) is 0 Å². The molecule has 0 bridgehead atoms. The third-order valence-electron chi connectivity index (χ3n) is 5.45. The maximum Gasteiger partial charge on any atom is 0.264 e. The van der Waals surface area contributed by atoms with Gasteiger partial charge in [0.2, 0.25) is 5.75 Å². The summed E-state index contributed by atoms with van der Waals surface area (Å²) in [5.74, 6) is 1.20. The van der Waals surface area contributed by atoms with Gasteiger partial charge >= 0.3 is 0 Å². The minimum atomic E-state index is -1.27. The first-order valence-corrected chi connectivity index (χ1v) is 9.47. The zero-order valence-electron chi connectivity index (χ0n) is 18.4. The standard InChI is InChI=1S/C22H27NO8/c1-26-12-22(31-6)20(13-7-8-16(27-2)15(24)9-13)23(21(22)25)14-10-17(28-3)19(30-5)18(11-14)29-4/h7-11,20,24H,12H2,1-6H3/t20-,22-/m0/s1. The number of amides is 1. The summed E-state index contributed by atoms with van der Waals surface area (Å²) in [4.78, 5) is 14.9. The van der Waals surface area contributed by atoms with Crippen LogP contribution in [0.2, 0.25) is 0 Å². The van der Waals surface area contributed by atoms with E-state index >= 15 is 0 Å². The molecular formula is C22H27NO8. The Morgan fingerprint density at radius 1 is 0.903 bits per heavy atom. The molecule has 2 atom stereocenters.